The van der Waals surface area contributed by atoms with Crippen LogP contribution in [0.1, 0.15) is 233 Å². The Kier molecular flexibility index (Phi) is 36.8. The monoisotopic (exact) mass is 667 g/mol. The van der Waals surface area contributed by atoms with Crippen molar-refractivity contribution in [1.82, 2.24) is 0 Å². The van der Waals surface area contributed by atoms with Crippen LogP contribution in [-0.4, -0.2) is 36.4 Å². The van der Waals surface area contributed by atoms with E-state index in [0.29, 0.717) is 12.8 Å². The van der Waals surface area contributed by atoms with Crippen molar-refractivity contribution in [3.05, 3.63) is 0 Å². The third-order valence-electron chi connectivity index (χ3n) is 9.52. The van der Waals surface area contributed by atoms with Gasteiger partial charge in [0.2, 0.25) is 0 Å². The Morgan fingerprint density at radius 2 is 0.681 bits per heavy atom. The molecule has 1 atom stereocenters. The number of hydrogen-bond acceptors (Lipinski definition) is 5. The first-order valence-corrected chi connectivity index (χ1v) is 20.9. The highest BCUT2D eigenvalue weighted by molar-refractivity contribution is 5.69. The number of aliphatic hydroxyl groups is 1. The average molecular weight is 667 g/mol. The fourth-order valence-electron chi connectivity index (χ4n) is 6.33. The molecule has 0 aromatic carbocycles. The van der Waals surface area contributed by atoms with Crippen molar-refractivity contribution in [2.24, 2.45) is 5.92 Å². The molecule has 0 saturated carbocycles. The number of ether oxygens (including phenoxy) is 2. The van der Waals surface area contributed by atoms with Crippen LogP contribution in [0, 0.1) is 5.92 Å². The summed E-state index contributed by atoms with van der Waals surface area (Å²) in [4.78, 5) is 24.0. The molecule has 5 nitrogen and oxygen atoms in total. The zero-order valence-electron chi connectivity index (χ0n) is 32.0. The van der Waals surface area contributed by atoms with Crippen LogP contribution in [0.25, 0.3) is 0 Å². The summed E-state index contributed by atoms with van der Waals surface area (Å²) < 4.78 is 10.4. The van der Waals surface area contributed by atoms with Gasteiger partial charge in [-0.1, -0.05) is 207 Å². The molecule has 47 heavy (non-hydrogen) atoms. The molecule has 0 aliphatic rings. The first-order valence-electron chi connectivity index (χ1n) is 20.9. The van der Waals surface area contributed by atoms with Crippen LogP contribution in [0.15, 0.2) is 0 Å². The number of aliphatic hydroxyl groups excluding tert-OH is 1. The second-order valence-electron chi connectivity index (χ2n) is 15.0. The van der Waals surface area contributed by atoms with Crippen LogP contribution in [-0.2, 0) is 19.1 Å². The summed E-state index contributed by atoms with van der Waals surface area (Å²) in [5, 5.41) is 10.0. The van der Waals surface area contributed by atoms with Gasteiger partial charge in [0, 0.05) is 12.8 Å². The molecule has 0 spiro atoms. The van der Waals surface area contributed by atoms with Crippen molar-refractivity contribution < 1.29 is 24.2 Å². The van der Waals surface area contributed by atoms with Crippen LogP contribution in [0.5, 0.6) is 0 Å². The summed E-state index contributed by atoms with van der Waals surface area (Å²) >= 11 is 0. The van der Waals surface area contributed by atoms with E-state index in [1.54, 1.807) is 0 Å². The predicted octanol–water partition coefficient (Wildman–Crippen LogP) is 13.0. The summed E-state index contributed by atoms with van der Waals surface area (Å²) in [6, 6.07) is 0. The number of rotatable bonds is 38. The van der Waals surface area contributed by atoms with E-state index < -0.39 is 6.10 Å². The zero-order valence-corrected chi connectivity index (χ0v) is 32.0. The van der Waals surface area contributed by atoms with Crippen LogP contribution >= 0.6 is 0 Å². The van der Waals surface area contributed by atoms with E-state index in [9.17, 15) is 14.7 Å². The Balaban J connectivity index is 3.36. The molecule has 280 valence electrons. The van der Waals surface area contributed by atoms with E-state index in [-0.39, 0.29) is 25.2 Å². The molecule has 0 heterocycles. The van der Waals surface area contributed by atoms with Crippen LogP contribution in [0.2, 0.25) is 0 Å². The first kappa shape index (κ1) is 45.9. The lowest BCUT2D eigenvalue weighted by Crippen LogP contribution is -2.25. The van der Waals surface area contributed by atoms with E-state index in [2.05, 4.69) is 20.8 Å². The zero-order chi connectivity index (χ0) is 34.5. The van der Waals surface area contributed by atoms with Crippen LogP contribution in [0.4, 0.5) is 0 Å². The van der Waals surface area contributed by atoms with E-state index in [1.165, 1.54) is 173 Å². The molecule has 0 fully saturated rings. The number of hydrogen-bond donors (Lipinski definition) is 1. The largest absolute Gasteiger partial charge is 0.463 e. The maximum Gasteiger partial charge on any atom is 0.305 e. The van der Waals surface area contributed by atoms with Gasteiger partial charge < -0.3 is 14.6 Å². The first-order chi connectivity index (χ1) is 23.0. The maximum atomic E-state index is 12.0. The van der Waals surface area contributed by atoms with Gasteiger partial charge >= 0.3 is 11.9 Å². The molecule has 5 heteroatoms. The lowest BCUT2D eigenvalue weighted by Gasteiger charge is -2.12. The molecule has 0 aromatic rings. The number of carbonyl (C=O) groups is 2. The molecule has 0 aromatic heterocycles. The highest BCUT2D eigenvalue weighted by atomic mass is 16.6. The highest BCUT2D eigenvalue weighted by Gasteiger charge is 2.12. The van der Waals surface area contributed by atoms with Crippen molar-refractivity contribution in [1.29, 1.82) is 0 Å². The Labute approximate surface area is 293 Å². The summed E-state index contributed by atoms with van der Waals surface area (Å²) in [5.74, 6) is 0.307. The van der Waals surface area contributed by atoms with Gasteiger partial charge in [0.15, 0.2) is 0 Å². The summed E-state index contributed by atoms with van der Waals surface area (Å²) in [5.41, 5.74) is 0. The van der Waals surface area contributed by atoms with E-state index in [1.807, 2.05) is 0 Å². The lowest BCUT2D eigenvalue weighted by molar-refractivity contribution is -0.152. The van der Waals surface area contributed by atoms with Gasteiger partial charge in [0.05, 0.1) is 0 Å². The lowest BCUT2D eigenvalue weighted by atomic mass is 10.0. The Hall–Kier alpha value is -1.10. The van der Waals surface area contributed by atoms with Gasteiger partial charge in [-0.15, -0.1) is 0 Å². The maximum absolute atomic E-state index is 12.0. The third kappa shape index (κ3) is 39.2. The van der Waals surface area contributed by atoms with E-state index in [0.717, 1.165) is 31.6 Å². The number of esters is 2. The topological polar surface area (TPSA) is 72.8 Å². The molecule has 0 amide bonds. The van der Waals surface area contributed by atoms with Crippen molar-refractivity contribution in [3.8, 4) is 0 Å². The minimum atomic E-state index is -0.955. The van der Waals surface area contributed by atoms with E-state index >= 15 is 0 Å². The van der Waals surface area contributed by atoms with Gasteiger partial charge in [0.1, 0.15) is 19.3 Å². The third-order valence-corrected chi connectivity index (χ3v) is 9.52. The Morgan fingerprint density at radius 3 is 0.957 bits per heavy atom. The molecule has 1 N–H and O–H groups in total. The normalized spacial score (nSPS) is 12.1. The fraction of sp³-hybridized carbons (Fsp3) is 0.952. The van der Waals surface area contributed by atoms with Gasteiger partial charge in [-0.05, 0) is 18.8 Å². The predicted molar refractivity (Wildman–Crippen MR) is 201 cm³/mol. The molecule has 0 saturated heterocycles. The quantitative estimate of drug-likeness (QED) is 0.0524. The Morgan fingerprint density at radius 1 is 0.426 bits per heavy atom. The minimum absolute atomic E-state index is 0.108. The number of unbranched alkanes of at least 4 members (excludes halogenated alkanes) is 28. The van der Waals surface area contributed by atoms with E-state index in [4.69, 9.17) is 9.47 Å². The van der Waals surface area contributed by atoms with Gasteiger partial charge in [-0.2, -0.15) is 0 Å². The summed E-state index contributed by atoms with van der Waals surface area (Å²) in [7, 11) is 0. The van der Waals surface area contributed by atoms with Crippen LogP contribution in [0.3, 0.4) is 0 Å². The minimum Gasteiger partial charge on any atom is -0.463 e. The molecular weight excluding hydrogens is 584 g/mol. The SMILES string of the molecule is CCCCCCCCCCCCCCCCCC(=O)OC[C@H](O)COC(=O)CCCCCCCCCCCCCCCCCC(C)C. The molecule has 0 radical (unpaired) electrons. The molecule has 0 aliphatic heterocycles. The fourth-order valence-corrected chi connectivity index (χ4v) is 6.33. The van der Waals surface area contributed by atoms with Crippen molar-refractivity contribution in [2.45, 2.75) is 239 Å². The molecule has 0 rings (SSSR count). The van der Waals surface area contributed by atoms with Crippen molar-refractivity contribution in [2.75, 3.05) is 13.2 Å². The molecule has 0 unspecified atom stereocenters. The average Bonchev–Trinajstić information content (AvgIpc) is 3.05. The van der Waals surface area contributed by atoms with Crippen LogP contribution < -0.4 is 0 Å². The summed E-state index contributed by atoms with van der Waals surface area (Å²) in [6.07, 6.45) is 40.2. The second kappa shape index (κ2) is 37.7. The Bertz CT molecular complexity index is 649. The molecule has 0 aliphatic carbocycles. The smallest absolute Gasteiger partial charge is 0.305 e. The molecule has 0 bridgehead atoms. The standard InChI is InChI=1S/C42H82O5/c1-4-5-6-7-8-9-10-11-13-17-20-23-26-29-32-35-41(44)46-37-40(43)38-47-42(45)36-33-30-27-24-21-18-15-12-14-16-19-22-25-28-31-34-39(2)3/h39-40,43H,4-38H2,1-3H3/t40-/m0/s1. The van der Waals surface area contributed by atoms with Gasteiger partial charge in [-0.25, -0.2) is 0 Å². The van der Waals surface area contributed by atoms with Gasteiger partial charge in [0.25, 0.3) is 0 Å². The molecular formula is C42H82O5. The van der Waals surface area contributed by atoms with Crippen molar-refractivity contribution in [3.63, 3.8) is 0 Å². The van der Waals surface area contributed by atoms with Gasteiger partial charge in [-0.3, -0.25) is 9.59 Å². The highest BCUT2D eigenvalue weighted by Crippen LogP contribution is 2.16. The van der Waals surface area contributed by atoms with Crippen molar-refractivity contribution >= 4 is 11.9 Å². The number of carbonyl (C=O) groups excluding carboxylic acids is 2. The summed E-state index contributed by atoms with van der Waals surface area (Å²) in [6.45, 7) is 6.69. The second-order valence-corrected chi connectivity index (χ2v) is 15.0.